The van der Waals surface area contributed by atoms with Gasteiger partial charge in [0.05, 0.1) is 12.1 Å². The Morgan fingerprint density at radius 3 is 2.71 bits per heavy atom. The zero-order valence-corrected chi connectivity index (χ0v) is 10.1. The summed E-state index contributed by atoms with van der Waals surface area (Å²) in [4.78, 5) is 0. The molecule has 0 aliphatic heterocycles. The van der Waals surface area contributed by atoms with Crippen molar-refractivity contribution in [3.05, 3.63) is 28.8 Å². The van der Waals surface area contributed by atoms with E-state index in [-0.39, 0.29) is 0 Å². The fourth-order valence-corrected chi connectivity index (χ4v) is 2.00. The molecule has 0 amide bonds. The lowest BCUT2D eigenvalue weighted by Gasteiger charge is -2.11. The zero-order valence-electron chi connectivity index (χ0n) is 8.46. The molecule has 0 fully saturated rings. The monoisotopic (exact) mass is 230 g/mol. The van der Waals surface area contributed by atoms with Gasteiger partial charge in [-0.15, -0.1) is 0 Å². The third-order valence-corrected chi connectivity index (χ3v) is 2.86. The molecule has 1 aromatic rings. The van der Waals surface area contributed by atoms with Crippen LogP contribution >= 0.6 is 24.2 Å². The van der Waals surface area contributed by atoms with E-state index in [2.05, 4.69) is 25.6 Å². The van der Waals surface area contributed by atoms with E-state index in [9.17, 15) is 0 Å². The Balaban J connectivity index is 2.85. The Kier molecular flexibility index (Phi) is 4.63. The number of methoxy groups -OCH3 is 1. The Morgan fingerprint density at radius 1 is 1.50 bits per heavy atom. The molecule has 0 bridgehead atoms. The molecule has 0 saturated heterocycles. The minimum absolute atomic E-state index is 0.496. The first-order valence-electron chi connectivity index (χ1n) is 4.63. The van der Waals surface area contributed by atoms with Gasteiger partial charge in [0.25, 0.3) is 0 Å². The van der Waals surface area contributed by atoms with Crippen molar-refractivity contribution in [2.24, 2.45) is 0 Å². The summed E-state index contributed by atoms with van der Waals surface area (Å²) in [6.45, 7) is 2.17. The number of ether oxygens (including phenoxy) is 1. The molecule has 1 unspecified atom stereocenters. The van der Waals surface area contributed by atoms with E-state index in [1.54, 1.807) is 7.11 Å². The maximum Gasteiger partial charge on any atom is 0.137 e. The van der Waals surface area contributed by atoms with Gasteiger partial charge in [-0.1, -0.05) is 24.6 Å². The first kappa shape index (κ1) is 11.7. The summed E-state index contributed by atoms with van der Waals surface area (Å²) >= 11 is 10.2. The Labute approximate surface area is 95.8 Å². The Hall–Kier alpha value is -0.340. The van der Waals surface area contributed by atoms with E-state index < -0.39 is 0 Å². The van der Waals surface area contributed by atoms with E-state index in [0.29, 0.717) is 10.9 Å². The van der Waals surface area contributed by atoms with Gasteiger partial charge in [-0.05, 0) is 35.8 Å². The summed E-state index contributed by atoms with van der Waals surface area (Å²) in [6, 6.07) is 5.93. The van der Waals surface area contributed by atoms with Crippen LogP contribution in [0.1, 0.15) is 24.8 Å². The van der Waals surface area contributed by atoms with Crippen molar-refractivity contribution in [2.45, 2.75) is 19.3 Å². The van der Waals surface area contributed by atoms with Crippen molar-refractivity contribution in [3.8, 4) is 5.75 Å². The highest BCUT2D eigenvalue weighted by Gasteiger charge is 2.07. The average molecular weight is 231 g/mol. The quantitative estimate of drug-likeness (QED) is 0.775. The minimum atomic E-state index is 0.496. The smallest absolute Gasteiger partial charge is 0.137 e. The van der Waals surface area contributed by atoms with E-state index >= 15 is 0 Å². The molecular formula is C11H15ClOS. The van der Waals surface area contributed by atoms with E-state index in [4.69, 9.17) is 16.3 Å². The van der Waals surface area contributed by atoms with Crippen LogP contribution in [0, 0.1) is 0 Å². The molecule has 1 aromatic carbocycles. The van der Waals surface area contributed by atoms with Crippen molar-refractivity contribution in [3.63, 3.8) is 0 Å². The number of benzene rings is 1. The molecule has 14 heavy (non-hydrogen) atoms. The highest BCUT2D eigenvalue weighted by atomic mass is 35.5. The maximum atomic E-state index is 6.03. The summed E-state index contributed by atoms with van der Waals surface area (Å²) in [5.74, 6) is 2.12. The number of rotatable bonds is 4. The summed E-state index contributed by atoms with van der Waals surface area (Å²) in [5.41, 5.74) is 1.24. The molecule has 0 aliphatic rings. The van der Waals surface area contributed by atoms with E-state index in [0.717, 1.165) is 17.9 Å². The lowest BCUT2D eigenvalue weighted by molar-refractivity contribution is 0.415. The van der Waals surface area contributed by atoms with Gasteiger partial charge < -0.3 is 4.74 Å². The first-order valence-corrected chi connectivity index (χ1v) is 5.64. The molecular weight excluding hydrogens is 216 g/mol. The lowest BCUT2D eigenvalue weighted by atomic mass is 9.99. The molecule has 0 radical (unpaired) electrons. The third-order valence-electron chi connectivity index (χ3n) is 2.31. The highest BCUT2D eigenvalue weighted by Crippen LogP contribution is 2.29. The Bertz CT molecular complexity index is 301. The van der Waals surface area contributed by atoms with Crippen LogP contribution in [0.5, 0.6) is 5.75 Å². The largest absolute Gasteiger partial charge is 0.495 e. The number of hydrogen-bond donors (Lipinski definition) is 1. The van der Waals surface area contributed by atoms with Crippen molar-refractivity contribution < 1.29 is 4.74 Å². The van der Waals surface area contributed by atoms with Gasteiger partial charge in [0.2, 0.25) is 0 Å². The van der Waals surface area contributed by atoms with Crippen LogP contribution < -0.4 is 4.74 Å². The number of halogens is 1. The SMILES string of the molecule is COc1ccc(C(C)CCS)cc1Cl. The fourth-order valence-electron chi connectivity index (χ4n) is 1.35. The number of thiol groups is 1. The van der Waals surface area contributed by atoms with Gasteiger partial charge in [-0.25, -0.2) is 0 Å². The van der Waals surface area contributed by atoms with Gasteiger partial charge in [0.15, 0.2) is 0 Å². The van der Waals surface area contributed by atoms with Crippen LogP contribution in [0.4, 0.5) is 0 Å². The van der Waals surface area contributed by atoms with Gasteiger partial charge in [-0.2, -0.15) is 12.6 Å². The normalized spacial score (nSPS) is 12.6. The standard InChI is InChI=1S/C11H15ClOS/c1-8(5-6-14)9-3-4-11(13-2)10(12)7-9/h3-4,7-8,14H,5-6H2,1-2H3. The molecule has 0 saturated carbocycles. The van der Waals surface area contributed by atoms with E-state index in [1.807, 2.05) is 12.1 Å². The van der Waals surface area contributed by atoms with Crippen LogP contribution in [0.15, 0.2) is 18.2 Å². The maximum absolute atomic E-state index is 6.03. The Morgan fingerprint density at radius 2 is 2.21 bits per heavy atom. The predicted molar refractivity (Wildman–Crippen MR) is 64.9 cm³/mol. The topological polar surface area (TPSA) is 9.23 Å². The molecule has 0 N–H and O–H groups in total. The summed E-state index contributed by atoms with van der Waals surface area (Å²) in [6.07, 6.45) is 1.06. The van der Waals surface area contributed by atoms with Gasteiger partial charge in [-0.3, -0.25) is 0 Å². The van der Waals surface area contributed by atoms with Gasteiger partial charge >= 0.3 is 0 Å². The van der Waals surface area contributed by atoms with Crippen LogP contribution in [0.25, 0.3) is 0 Å². The molecule has 0 heterocycles. The van der Waals surface area contributed by atoms with Gasteiger partial charge in [0, 0.05) is 0 Å². The van der Waals surface area contributed by atoms with Crippen LogP contribution in [0.2, 0.25) is 5.02 Å². The molecule has 1 atom stereocenters. The van der Waals surface area contributed by atoms with Crippen LogP contribution in [0.3, 0.4) is 0 Å². The second-order valence-corrected chi connectivity index (χ2v) is 4.16. The predicted octanol–water partition coefficient (Wildman–Crippen LogP) is 3.77. The molecule has 0 aromatic heterocycles. The van der Waals surface area contributed by atoms with Gasteiger partial charge in [0.1, 0.15) is 5.75 Å². The van der Waals surface area contributed by atoms with E-state index in [1.165, 1.54) is 5.56 Å². The minimum Gasteiger partial charge on any atom is -0.495 e. The van der Waals surface area contributed by atoms with Crippen molar-refractivity contribution in [2.75, 3.05) is 12.9 Å². The molecule has 3 heteroatoms. The molecule has 0 spiro atoms. The molecule has 78 valence electrons. The third kappa shape index (κ3) is 2.82. The summed E-state index contributed by atoms with van der Waals surface area (Å²) in [5, 5.41) is 0.677. The first-order chi connectivity index (χ1) is 6.69. The molecule has 0 aliphatic carbocycles. The van der Waals surface area contributed by atoms with Crippen molar-refractivity contribution in [1.29, 1.82) is 0 Å². The average Bonchev–Trinajstić information content (AvgIpc) is 2.18. The fraction of sp³-hybridized carbons (Fsp3) is 0.455. The molecule has 1 nitrogen and oxygen atoms in total. The zero-order chi connectivity index (χ0) is 10.6. The second kappa shape index (κ2) is 5.52. The van der Waals surface area contributed by atoms with Crippen LogP contribution in [-0.4, -0.2) is 12.9 Å². The lowest BCUT2D eigenvalue weighted by Crippen LogP contribution is -1.95. The van der Waals surface area contributed by atoms with Crippen LogP contribution in [-0.2, 0) is 0 Å². The highest BCUT2D eigenvalue weighted by molar-refractivity contribution is 7.80. The van der Waals surface area contributed by atoms with Crippen molar-refractivity contribution >= 4 is 24.2 Å². The molecule has 1 rings (SSSR count). The summed E-state index contributed by atoms with van der Waals surface area (Å²) in [7, 11) is 1.62. The second-order valence-electron chi connectivity index (χ2n) is 3.31. The summed E-state index contributed by atoms with van der Waals surface area (Å²) < 4.78 is 5.09. The number of hydrogen-bond acceptors (Lipinski definition) is 2. The van der Waals surface area contributed by atoms with Crippen molar-refractivity contribution in [1.82, 2.24) is 0 Å².